The Morgan fingerprint density at radius 3 is 2.25 bits per heavy atom. The van der Waals surface area contributed by atoms with E-state index in [1.54, 1.807) is 61.7 Å². The van der Waals surface area contributed by atoms with E-state index in [9.17, 15) is 9.59 Å². The molecule has 6 nitrogen and oxygen atoms in total. The van der Waals surface area contributed by atoms with E-state index in [-0.39, 0.29) is 5.70 Å². The summed E-state index contributed by atoms with van der Waals surface area (Å²) in [6, 6.07) is 19.6. The minimum Gasteiger partial charge on any atom is -0.493 e. The number of carbonyl (C=O) groups excluding carboxylic acids is 2. The van der Waals surface area contributed by atoms with Gasteiger partial charge >= 0.3 is 0 Å². The summed E-state index contributed by atoms with van der Waals surface area (Å²) >= 11 is 3.37. The third-order valence-corrected chi connectivity index (χ3v) is 5.33. The molecule has 0 unspecified atom stereocenters. The van der Waals surface area contributed by atoms with Gasteiger partial charge in [-0.1, -0.05) is 35.9 Å². The second-order valence-electron chi connectivity index (χ2n) is 6.93. The lowest BCUT2D eigenvalue weighted by atomic mass is 10.1. The number of hydrogen-bond donors (Lipinski definition) is 2. The van der Waals surface area contributed by atoms with Gasteiger partial charge in [-0.15, -0.1) is 0 Å². The van der Waals surface area contributed by atoms with Crippen molar-refractivity contribution in [2.24, 2.45) is 0 Å². The van der Waals surface area contributed by atoms with Gasteiger partial charge in [0.15, 0.2) is 11.5 Å². The highest BCUT2D eigenvalue weighted by atomic mass is 79.9. The average Bonchev–Trinajstić information content (AvgIpc) is 2.80. The Bertz CT molecular complexity index is 1160. The number of amides is 2. The highest BCUT2D eigenvalue weighted by molar-refractivity contribution is 9.10. The van der Waals surface area contributed by atoms with Crippen LogP contribution in [0.5, 0.6) is 11.5 Å². The lowest BCUT2D eigenvalue weighted by Gasteiger charge is -2.13. The van der Waals surface area contributed by atoms with E-state index in [2.05, 4.69) is 26.6 Å². The molecule has 3 aromatic rings. The lowest BCUT2D eigenvalue weighted by molar-refractivity contribution is -0.113. The van der Waals surface area contributed by atoms with Crippen molar-refractivity contribution >= 4 is 39.5 Å². The molecule has 0 aliphatic rings. The van der Waals surface area contributed by atoms with Crippen LogP contribution in [-0.2, 0) is 4.79 Å². The van der Waals surface area contributed by atoms with Gasteiger partial charge in [-0.2, -0.15) is 0 Å². The molecular formula is C25H23BrN2O4. The van der Waals surface area contributed by atoms with Crippen LogP contribution >= 0.6 is 15.9 Å². The first kappa shape index (κ1) is 23.1. The normalized spacial score (nSPS) is 10.9. The molecule has 7 heteroatoms. The molecule has 0 aliphatic carbocycles. The van der Waals surface area contributed by atoms with Crippen LogP contribution in [0, 0.1) is 6.92 Å². The summed E-state index contributed by atoms with van der Waals surface area (Å²) in [5.74, 6) is 0.205. The van der Waals surface area contributed by atoms with Crippen molar-refractivity contribution in [3.63, 3.8) is 0 Å². The topological polar surface area (TPSA) is 76.7 Å². The van der Waals surface area contributed by atoms with Gasteiger partial charge in [0.2, 0.25) is 0 Å². The Labute approximate surface area is 195 Å². The van der Waals surface area contributed by atoms with Gasteiger partial charge in [0, 0.05) is 10.2 Å². The predicted octanol–water partition coefficient (Wildman–Crippen LogP) is 5.18. The van der Waals surface area contributed by atoms with Crippen LogP contribution in [0.25, 0.3) is 6.08 Å². The number of aryl methyl sites for hydroxylation is 1. The highest BCUT2D eigenvalue weighted by Crippen LogP contribution is 2.28. The smallest absolute Gasteiger partial charge is 0.272 e. The summed E-state index contributed by atoms with van der Waals surface area (Å²) in [5.41, 5.74) is 2.84. The van der Waals surface area contributed by atoms with Crippen molar-refractivity contribution in [1.82, 2.24) is 5.32 Å². The second-order valence-corrected chi connectivity index (χ2v) is 7.78. The number of rotatable bonds is 7. The van der Waals surface area contributed by atoms with Crippen molar-refractivity contribution in [2.75, 3.05) is 19.5 Å². The van der Waals surface area contributed by atoms with Crippen LogP contribution in [0.2, 0.25) is 0 Å². The number of methoxy groups -OCH3 is 2. The molecular weight excluding hydrogens is 472 g/mol. The molecule has 0 saturated carbocycles. The molecule has 164 valence electrons. The molecule has 3 aromatic carbocycles. The quantitative estimate of drug-likeness (QED) is 0.443. The SMILES string of the molecule is COc1ccc(/C=C(/NC(=O)c2ccccc2Br)C(=O)Nc2ccc(C)cc2)cc1OC. The largest absolute Gasteiger partial charge is 0.493 e. The molecule has 0 atom stereocenters. The maximum Gasteiger partial charge on any atom is 0.272 e. The van der Waals surface area contributed by atoms with E-state index in [1.165, 1.54) is 7.11 Å². The van der Waals surface area contributed by atoms with Gasteiger partial charge < -0.3 is 20.1 Å². The van der Waals surface area contributed by atoms with Crippen molar-refractivity contribution in [3.05, 3.63) is 93.6 Å². The summed E-state index contributed by atoms with van der Waals surface area (Å²) in [4.78, 5) is 26.0. The Hall–Kier alpha value is -3.58. The maximum absolute atomic E-state index is 13.1. The van der Waals surface area contributed by atoms with E-state index in [1.807, 2.05) is 25.1 Å². The Morgan fingerprint density at radius 1 is 0.906 bits per heavy atom. The molecule has 0 fully saturated rings. The number of anilines is 1. The monoisotopic (exact) mass is 494 g/mol. The number of hydrogen-bond acceptors (Lipinski definition) is 4. The van der Waals surface area contributed by atoms with Crippen molar-refractivity contribution in [3.8, 4) is 11.5 Å². The minimum absolute atomic E-state index is 0.0820. The van der Waals surface area contributed by atoms with Crippen LogP contribution in [0.1, 0.15) is 21.5 Å². The first-order chi connectivity index (χ1) is 15.4. The van der Waals surface area contributed by atoms with E-state index < -0.39 is 11.8 Å². The van der Waals surface area contributed by atoms with Crippen LogP contribution in [0.4, 0.5) is 5.69 Å². The third kappa shape index (κ3) is 5.76. The Balaban J connectivity index is 1.95. The summed E-state index contributed by atoms with van der Waals surface area (Å²) in [5, 5.41) is 5.55. The molecule has 3 rings (SSSR count). The second kappa shape index (κ2) is 10.6. The van der Waals surface area contributed by atoms with Gasteiger partial charge in [-0.3, -0.25) is 9.59 Å². The molecule has 2 N–H and O–H groups in total. The van der Waals surface area contributed by atoms with Crippen molar-refractivity contribution < 1.29 is 19.1 Å². The fourth-order valence-corrected chi connectivity index (χ4v) is 3.40. The van der Waals surface area contributed by atoms with Crippen LogP contribution in [0.15, 0.2) is 76.9 Å². The molecule has 0 spiro atoms. The zero-order chi connectivity index (χ0) is 23.1. The first-order valence-corrected chi connectivity index (χ1v) is 10.6. The van der Waals surface area contributed by atoms with E-state index in [4.69, 9.17) is 9.47 Å². The fourth-order valence-electron chi connectivity index (χ4n) is 2.94. The third-order valence-electron chi connectivity index (χ3n) is 4.64. The maximum atomic E-state index is 13.1. The van der Waals surface area contributed by atoms with E-state index in [0.29, 0.717) is 32.8 Å². The van der Waals surface area contributed by atoms with Crippen LogP contribution in [0.3, 0.4) is 0 Å². The molecule has 0 heterocycles. The zero-order valence-electron chi connectivity index (χ0n) is 17.9. The molecule has 0 aromatic heterocycles. The fraction of sp³-hybridized carbons (Fsp3) is 0.120. The highest BCUT2D eigenvalue weighted by Gasteiger charge is 2.17. The summed E-state index contributed by atoms with van der Waals surface area (Å²) in [6.45, 7) is 1.96. The number of benzene rings is 3. The first-order valence-electron chi connectivity index (χ1n) is 9.79. The number of nitrogens with one attached hydrogen (secondary N) is 2. The molecule has 2 amide bonds. The van der Waals surface area contributed by atoms with Gasteiger partial charge in [0.1, 0.15) is 5.70 Å². The van der Waals surface area contributed by atoms with E-state index >= 15 is 0 Å². The van der Waals surface area contributed by atoms with Crippen LogP contribution in [-0.4, -0.2) is 26.0 Å². The van der Waals surface area contributed by atoms with Gasteiger partial charge in [-0.25, -0.2) is 0 Å². The minimum atomic E-state index is -0.455. The van der Waals surface area contributed by atoms with E-state index in [0.717, 1.165) is 5.56 Å². The predicted molar refractivity (Wildman–Crippen MR) is 129 cm³/mol. The average molecular weight is 495 g/mol. The summed E-state index contributed by atoms with van der Waals surface area (Å²) in [7, 11) is 3.08. The van der Waals surface area contributed by atoms with Crippen molar-refractivity contribution in [1.29, 1.82) is 0 Å². The number of carbonyl (C=O) groups is 2. The Morgan fingerprint density at radius 2 is 1.59 bits per heavy atom. The molecule has 0 saturated heterocycles. The molecule has 0 aliphatic heterocycles. The Kier molecular flexibility index (Phi) is 7.68. The van der Waals surface area contributed by atoms with Crippen molar-refractivity contribution in [2.45, 2.75) is 6.92 Å². The number of halogens is 1. The molecule has 32 heavy (non-hydrogen) atoms. The molecule has 0 bridgehead atoms. The standard InChI is InChI=1S/C25H23BrN2O4/c1-16-8-11-18(12-9-16)27-25(30)21(28-24(29)19-6-4-5-7-20(19)26)14-17-10-13-22(31-2)23(15-17)32-3/h4-15H,1-3H3,(H,27,30)(H,28,29)/b21-14+. The summed E-state index contributed by atoms with van der Waals surface area (Å²) in [6.07, 6.45) is 1.58. The lowest BCUT2D eigenvalue weighted by Crippen LogP contribution is -2.31. The zero-order valence-corrected chi connectivity index (χ0v) is 19.5. The van der Waals surface area contributed by atoms with Gasteiger partial charge in [0.05, 0.1) is 19.8 Å². The van der Waals surface area contributed by atoms with Gasteiger partial charge in [0.25, 0.3) is 11.8 Å². The summed E-state index contributed by atoms with van der Waals surface area (Å²) < 4.78 is 11.2. The number of ether oxygens (including phenoxy) is 2. The van der Waals surface area contributed by atoms with Crippen LogP contribution < -0.4 is 20.1 Å². The molecule has 0 radical (unpaired) electrons. The van der Waals surface area contributed by atoms with Gasteiger partial charge in [-0.05, 0) is 70.9 Å².